The Bertz CT molecular complexity index is 430. The van der Waals surface area contributed by atoms with Gasteiger partial charge in [-0.15, -0.1) is 0 Å². The van der Waals surface area contributed by atoms with Crippen molar-refractivity contribution in [2.75, 3.05) is 11.5 Å². The van der Waals surface area contributed by atoms with E-state index < -0.39 is 0 Å². The molecule has 106 valence electrons. The van der Waals surface area contributed by atoms with Crippen molar-refractivity contribution in [1.29, 1.82) is 0 Å². The van der Waals surface area contributed by atoms with Crippen LogP contribution in [0.25, 0.3) is 0 Å². The van der Waals surface area contributed by atoms with E-state index in [-0.39, 0.29) is 11.9 Å². The molecular weight excluding hydrogens is 301 g/mol. The number of hydrogen-bond donors (Lipinski definition) is 1. The van der Waals surface area contributed by atoms with Gasteiger partial charge < -0.3 is 5.73 Å². The lowest BCUT2D eigenvalue weighted by Crippen LogP contribution is -2.43. The number of halogens is 2. The molecule has 0 bridgehead atoms. The van der Waals surface area contributed by atoms with Crippen LogP contribution in [0.1, 0.15) is 18.9 Å². The van der Waals surface area contributed by atoms with Gasteiger partial charge in [0.1, 0.15) is 5.82 Å². The smallest absolute Gasteiger partial charge is 0.127 e. The standard InChI is InChI=1S/C14H19ClFNS2/c1-2-13-14(19-6-5-18-13)12(17)7-9-3-4-10(15)8-11(9)16/h3-4,8,12-14H,2,5-7,17H2,1H3. The third kappa shape index (κ3) is 4.03. The molecule has 0 amide bonds. The van der Waals surface area contributed by atoms with Crippen LogP contribution in [0.5, 0.6) is 0 Å². The van der Waals surface area contributed by atoms with Crippen LogP contribution in [-0.4, -0.2) is 28.0 Å². The second-order valence-corrected chi connectivity index (χ2v) is 7.83. The van der Waals surface area contributed by atoms with Gasteiger partial charge in [-0.3, -0.25) is 0 Å². The molecule has 0 aromatic heterocycles. The van der Waals surface area contributed by atoms with Gasteiger partial charge in [0, 0.05) is 33.1 Å². The van der Waals surface area contributed by atoms with Crippen LogP contribution >= 0.6 is 35.1 Å². The van der Waals surface area contributed by atoms with E-state index >= 15 is 0 Å². The largest absolute Gasteiger partial charge is 0.326 e. The third-order valence-electron chi connectivity index (χ3n) is 3.39. The molecule has 0 saturated carbocycles. The maximum atomic E-state index is 13.8. The van der Waals surface area contributed by atoms with Crippen molar-refractivity contribution in [2.45, 2.75) is 36.3 Å². The van der Waals surface area contributed by atoms with Gasteiger partial charge >= 0.3 is 0 Å². The summed E-state index contributed by atoms with van der Waals surface area (Å²) in [6.07, 6.45) is 1.71. The first-order valence-corrected chi connectivity index (χ1v) is 9.02. The van der Waals surface area contributed by atoms with Gasteiger partial charge in [-0.2, -0.15) is 23.5 Å². The molecule has 1 fully saturated rings. The Morgan fingerprint density at radius 2 is 2.16 bits per heavy atom. The molecule has 1 heterocycles. The Morgan fingerprint density at radius 1 is 1.42 bits per heavy atom. The average molecular weight is 320 g/mol. The lowest BCUT2D eigenvalue weighted by molar-refractivity contribution is 0.562. The quantitative estimate of drug-likeness (QED) is 0.909. The minimum absolute atomic E-state index is 0.00146. The van der Waals surface area contributed by atoms with E-state index in [4.69, 9.17) is 17.3 Å². The fraction of sp³-hybridized carbons (Fsp3) is 0.571. The monoisotopic (exact) mass is 319 g/mol. The fourth-order valence-corrected chi connectivity index (χ4v) is 5.75. The molecule has 0 spiro atoms. The maximum Gasteiger partial charge on any atom is 0.127 e. The zero-order chi connectivity index (χ0) is 13.8. The van der Waals surface area contributed by atoms with Crippen molar-refractivity contribution < 1.29 is 4.39 Å². The molecule has 1 saturated heterocycles. The summed E-state index contributed by atoms with van der Waals surface area (Å²) in [6.45, 7) is 2.20. The maximum absolute atomic E-state index is 13.8. The van der Waals surface area contributed by atoms with E-state index in [1.54, 1.807) is 12.1 Å². The average Bonchev–Trinajstić information content (AvgIpc) is 2.41. The van der Waals surface area contributed by atoms with Crippen molar-refractivity contribution in [1.82, 2.24) is 0 Å². The van der Waals surface area contributed by atoms with Gasteiger partial charge in [0.15, 0.2) is 0 Å². The summed E-state index contributed by atoms with van der Waals surface area (Å²) in [4.78, 5) is 0. The Hall–Kier alpha value is 0.1000. The number of benzene rings is 1. The summed E-state index contributed by atoms with van der Waals surface area (Å²) in [5.74, 6) is 2.09. The van der Waals surface area contributed by atoms with Crippen LogP contribution in [0.15, 0.2) is 18.2 Å². The molecule has 1 aromatic carbocycles. The normalized spacial score (nSPS) is 25.3. The molecule has 2 N–H and O–H groups in total. The predicted molar refractivity (Wildman–Crippen MR) is 85.9 cm³/mol. The summed E-state index contributed by atoms with van der Waals surface area (Å²) in [5, 5.41) is 1.44. The first-order chi connectivity index (χ1) is 9.11. The number of hydrogen-bond acceptors (Lipinski definition) is 3. The molecule has 5 heteroatoms. The number of nitrogens with two attached hydrogens (primary N) is 1. The predicted octanol–water partition coefficient (Wildman–Crippen LogP) is 3.98. The van der Waals surface area contributed by atoms with E-state index in [1.165, 1.54) is 11.8 Å². The molecule has 19 heavy (non-hydrogen) atoms. The number of rotatable bonds is 4. The summed E-state index contributed by atoms with van der Waals surface area (Å²) in [6, 6.07) is 4.84. The Morgan fingerprint density at radius 3 is 2.84 bits per heavy atom. The van der Waals surface area contributed by atoms with E-state index in [0.29, 0.717) is 27.5 Å². The van der Waals surface area contributed by atoms with Crippen LogP contribution in [0, 0.1) is 5.82 Å². The summed E-state index contributed by atoms with van der Waals surface area (Å²) >= 11 is 9.71. The summed E-state index contributed by atoms with van der Waals surface area (Å²) in [7, 11) is 0. The minimum Gasteiger partial charge on any atom is -0.326 e. The molecule has 1 nitrogen and oxygen atoms in total. The van der Waals surface area contributed by atoms with E-state index in [9.17, 15) is 4.39 Å². The third-order valence-corrected chi connectivity index (χ3v) is 7.05. The van der Waals surface area contributed by atoms with Gasteiger partial charge in [-0.05, 0) is 30.5 Å². The Balaban J connectivity index is 2.04. The van der Waals surface area contributed by atoms with Gasteiger partial charge in [0.2, 0.25) is 0 Å². The molecule has 0 aliphatic carbocycles. The highest BCUT2D eigenvalue weighted by Gasteiger charge is 2.30. The van der Waals surface area contributed by atoms with Crippen LogP contribution in [0.2, 0.25) is 5.02 Å². The zero-order valence-corrected chi connectivity index (χ0v) is 13.3. The van der Waals surface area contributed by atoms with Gasteiger partial charge in [0.25, 0.3) is 0 Å². The van der Waals surface area contributed by atoms with Crippen molar-refractivity contribution in [3.05, 3.63) is 34.6 Å². The molecule has 0 radical (unpaired) electrons. The van der Waals surface area contributed by atoms with Crippen molar-refractivity contribution in [3.63, 3.8) is 0 Å². The first kappa shape index (κ1) is 15.5. The van der Waals surface area contributed by atoms with Crippen molar-refractivity contribution in [3.8, 4) is 0 Å². The van der Waals surface area contributed by atoms with Gasteiger partial charge in [0.05, 0.1) is 0 Å². The molecule has 2 rings (SSSR count). The molecule has 3 unspecified atom stereocenters. The second kappa shape index (κ2) is 7.21. The van der Waals surface area contributed by atoms with Crippen LogP contribution in [-0.2, 0) is 6.42 Å². The van der Waals surface area contributed by atoms with Crippen molar-refractivity contribution >= 4 is 35.1 Å². The highest BCUT2D eigenvalue weighted by molar-refractivity contribution is 8.07. The van der Waals surface area contributed by atoms with Gasteiger partial charge in [-0.25, -0.2) is 4.39 Å². The molecule has 1 aliphatic rings. The molecule has 1 aromatic rings. The lowest BCUT2D eigenvalue weighted by Gasteiger charge is -2.34. The van der Waals surface area contributed by atoms with E-state index in [2.05, 4.69) is 6.92 Å². The van der Waals surface area contributed by atoms with Crippen LogP contribution in [0.3, 0.4) is 0 Å². The Labute approximate surface area is 127 Å². The number of thioether (sulfide) groups is 2. The topological polar surface area (TPSA) is 26.0 Å². The highest BCUT2D eigenvalue weighted by atomic mass is 35.5. The summed E-state index contributed by atoms with van der Waals surface area (Å²) < 4.78 is 13.8. The highest BCUT2D eigenvalue weighted by Crippen LogP contribution is 2.35. The molecular formula is C14H19ClFNS2. The SMILES string of the molecule is CCC1SCCSC1C(N)Cc1ccc(Cl)cc1F. The van der Waals surface area contributed by atoms with Crippen LogP contribution < -0.4 is 5.73 Å². The van der Waals surface area contributed by atoms with E-state index in [1.807, 2.05) is 23.5 Å². The van der Waals surface area contributed by atoms with Crippen molar-refractivity contribution in [2.24, 2.45) is 5.73 Å². The second-order valence-electron chi connectivity index (χ2n) is 4.76. The molecule has 3 atom stereocenters. The zero-order valence-electron chi connectivity index (χ0n) is 10.9. The minimum atomic E-state index is -0.246. The lowest BCUT2D eigenvalue weighted by atomic mass is 10.0. The van der Waals surface area contributed by atoms with Gasteiger partial charge in [-0.1, -0.05) is 24.6 Å². The molecule has 1 aliphatic heterocycles. The summed E-state index contributed by atoms with van der Waals surface area (Å²) in [5.41, 5.74) is 6.99. The van der Waals surface area contributed by atoms with E-state index in [0.717, 1.165) is 12.2 Å². The van der Waals surface area contributed by atoms with Crippen LogP contribution in [0.4, 0.5) is 4.39 Å². The fourth-order valence-electron chi connectivity index (χ4n) is 2.39. The Kier molecular flexibility index (Phi) is 5.87. The first-order valence-electron chi connectivity index (χ1n) is 6.54.